The molecule has 1 aliphatic rings. The number of Topliss-reactive ketones (excluding diaryl/α,β-unsaturated/α-hetero) is 1. The highest BCUT2D eigenvalue weighted by molar-refractivity contribution is 5.88. The number of rotatable bonds is 7. The Morgan fingerprint density at radius 1 is 1.53 bits per heavy atom. The first-order chi connectivity index (χ1) is 8.99. The zero-order chi connectivity index (χ0) is 14.3. The van der Waals surface area contributed by atoms with E-state index < -0.39 is 23.5 Å². The van der Waals surface area contributed by atoms with Crippen LogP contribution in [0.2, 0.25) is 0 Å². The molecule has 7 heteroatoms. The fourth-order valence-corrected chi connectivity index (χ4v) is 1.88. The lowest BCUT2D eigenvalue weighted by atomic mass is 10.0. The molecule has 1 amide bonds. The highest BCUT2D eigenvalue weighted by Crippen LogP contribution is 2.17. The van der Waals surface area contributed by atoms with Gasteiger partial charge in [-0.1, -0.05) is 6.42 Å². The number of ether oxygens (including phenoxy) is 1. The van der Waals surface area contributed by atoms with Crippen molar-refractivity contribution in [3.05, 3.63) is 0 Å². The molecule has 1 rings (SSSR count). The third-order valence-corrected chi connectivity index (χ3v) is 3.13. The summed E-state index contributed by atoms with van der Waals surface area (Å²) in [5, 5.41) is 12.4. The molecule has 110 valence electrons. The molecule has 19 heavy (non-hydrogen) atoms. The second-order valence-corrected chi connectivity index (χ2v) is 4.77. The quantitative estimate of drug-likeness (QED) is 0.424. The van der Waals surface area contributed by atoms with E-state index in [2.05, 4.69) is 5.32 Å². The van der Waals surface area contributed by atoms with Gasteiger partial charge in [-0.15, -0.1) is 0 Å². The van der Waals surface area contributed by atoms with Gasteiger partial charge in [0, 0.05) is 6.42 Å². The Labute approximate surface area is 112 Å². The number of aliphatic hydroxyl groups is 1. The van der Waals surface area contributed by atoms with Crippen molar-refractivity contribution < 1.29 is 19.4 Å². The molecule has 6 N–H and O–H groups in total. The monoisotopic (exact) mass is 273 g/mol. The smallest absolute Gasteiger partial charge is 0.244 e. The fraction of sp³-hybridized carbons (Fsp3) is 0.833. The summed E-state index contributed by atoms with van der Waals surface area (Å²) in [5.74, 6) is -2.70. The van der Waals surface area contributed by atoms with Crippen LogP contribution in [0.1, 0.15) is 32.1 Å². The van der Waals surface area contributed by atoms with Crippen molar-refractivity contribution in [3.8, 4) is 0 Å². The molecule has 0 saturated carbocycles. The van der Waals surface area contributed by atoms with Crippen LogP contribution in [-0.4, -0.2) is 48.3 Å². The van der Waals surface area contributed by atoms with Crippen LogP contribution < -0.4 is 16.8 Å². The van der Waals surface area contributed by atoms with E-state index in [1.54, 1.807) is 0 Å². The average Bonchev–Trinajstić information content (AvgIpc) is 2.40. The molecule has 0 aliphatic carbocycles. The molecule has 1 fully saturated rings. The molecule has 1 aliphatic heterocycles. The molecular weight excluding hydrogens is 250 g/mol. The minimum atomic E-state index is -1.90. The Morgan fingerprint density at radius 2 is 2.26 bits per heavy atom. The lowest BCUT2D eigenvalue weighted by Gasteiger charge is -2.30. The summed E-state index contributed by atoms with van der Waals surface area (Å²) >= 11 is 0. The topological polar surface area (TPSA) is 128 Å². The number of hydrogen-bond acceptors (Lipinski definition) is 6. The Kier molecular flexibility index (Phi) is 6.36. The Bertz CT molecular complexity index is 324. The molecule has 0 aromatic carbocycles. The number of nitrogens with one attached hydrogen (secondary N) is 1. The molecule has 0 spiro atoms. The molecule has 0 aromatic heterocycles. The van der Waals surface area contributed by atoms with Gasteiger partial charge in [-0.2, -0.15) is 0 Å². The van der Waals surface area contributed by atoms with Gasteiger partial charge in [0.05, 0.1) is 19.2 Å². The second kappa shape index (κ2) is 7.54. The fourth-order valence-electron chi connectivity index (χ4n) is 1.88. The average molecular weight is 273 g/mol. The van der Waals surface area contributed by atoms with Crippen molar-refractivity contribution in [2.45, 2.75) is 43.9 Å². The van der Waals surface area contributed by atoms with Crippen molar-refractivity contribution in [1.82, 2.24) is 5.32 Å². The number of carbonyl (C=O) groups excluding carboxylic acids is 2. The van der Waals surface area contributed by atoms with E-state index in [-0.39, 0.29) is 13.0 Å². The maximum absolute atomic E-state index is 11.7. The largest absolute Gasteiger partial charge is 0.358 e. The van der Waals surface area contributed by atoms with Crippen LogP contribution in [0.3, 0.4) is 0 Å². The summed E-state index contributed by atoms with van der Waals surface area (Å²) in [5.41, 5.74) is 11.0. The van der Waals surface area contributed by atoms with Crippen LogP contribution in [-0.2, 0) is 14.3 Å². The Hall–Kier alpha value is -1.02. The van der Waals surface area contributed by atoms with Crippen molar-refractivity contribution in [2.75, 3.05) is 19.7 Å². The summed E-state index contributed by atoms with van der Waals surface area (Å²) in [6, 6.07) is -0.658. The highest BCUT2D eigenvalue weighted by Gasteiger charge is 2.39. The van der Waals surface area contributed by atoms with E-state index in [9.17, 15) is 14.7 Å². The van der Waals surface area contributed by atoms with Gasteiger partial charge in [0.2, 0.25) is 11.7 Å². The van der Waals surface area contributed by atoms with Gasteiger partial charge in [0.25, 0.3) is 0 Å². The number of unbranched alkanes of at least 4 members (excludes halogenated alkanes) is 1. The van der Waals surface area contributed by atoms with Crippen molar-refractivity contribution in [1.29, 1.82) is 0 Å². The molecule has 0 unspecified atom stereocenters. The second-order valence-electron chi connectivity index (χ2n) is 4.77. The van der Waals surface area contributed by atoms with E-state index in [0.29, 0.717) is 26.0 Å². The standard InChI is InChI=1S/C12H23N3O4/c13-6-2-1-4-9(14)11(17)15-8-12(18)10(16)5-3-7-19-12/h9,18H,1-8,13-14H2,(H,15,17)/t9-,12-/m0/s1. The van der Waals surface area contributed by atoms with Gasteiger partial charge in [0.1, 0.15) is 0 Å². The van der Waals surface area contributed by atoms with Gasteiger partial charge < -0.3 is 26.6 Å². The number of hydrogen-bond donors (Lipinski definition) is 4. The summed E-state index contributed by atoms with van der Waals surface area (Å²) in [6.07, 6.45) is 2.95. The van der Waals surface area contributed by atoms with Crippen LogP contribution in [0.15, 0.2) is 0 Å². The number of amides is 1. The first-order valence-electron chi connectivity index (χ1n) is 6.62. The first-order valence-corrected chi connectivity index (χ1v) is 6.62. The molecule has 1 saturated heterocycles. The first kappa shape index (κ1) is 16.0. The number of ketones is 1. The minimum Gasteiger partial charge on any atom is -0.358 e. The van der Waals surface area contributed by atoms with E-state index in [4.69, 9.17) is 16.2 Å². The molecule has 2 atom stereocenters. The van der Waals surface area contributed by atoms with Crippen molar-refractivity contribution >= 4 is 11.7 Å². The molecular formula is C12H23N3O4. The van der Waals surface area contributed by atoms with Gasteiger partial charge in [-0.25, -0.2) is 0 Å². The lowest BCUT2D eigenvalue weighted by Crippen LogP contribution is -2.55. The molecule has 1 heterocycles. The van der Waals surface area contributed by atoms with Crippen LogP contribution >= 0.6 is 0 Å². The highest BCUT2D eigenvalue weighted by atomic mass is 16.6. The third-order valence-electron chi connectivity index (χ3n) is 3.13. The SMILES string of the molecule is NCCCC[C@H](N)C(=O)NC[C@]1(O)OCCCC1=O. The summed E-state index contributed by atoms with van der Waals surface area (Å²) in [7, 11) is 0. The zero-order valence-electron chi connectivity index (χ0n) is 11.1. The lowest BCUT2D eigenvalue weighted by molar-refractivity contribution is -0.213. The van der Waals surface area contributed by atoms with Gasteiger partial charge in [-0.3, -0.25) is 9.59 Å². The molecule has 7 nitrogen and oxygen atoms in total. The van der Waals surface area contributed by atoms with E-state index in [1.165, 1.54) is 0 Å². The van der Waals surface area contributed by atoms with Gasteiger partial charge >= 0.3 is 0 Å². The Morgan fingerprint density at radius 3 is 2.89 bits per heavy atom. The third kappa shape index (κ3) is 4.87. The van der Waals surface area contributed by atoms with Crippen molar-refractivity contribution in [3.63, 3.8) is 0 Å². The summed E-state index contributed by atoms with van der Waals surface area (Å²) < 4.78 is 5.04. The molecule has 0 radical (unpaired) electrons. The zero-order valence-corrected chi connectivity index (χ0v) is 11.1. The normalized spacial score (nSPS) is 25.1. The Balaban J connectivity index is 2.34. The maximum atomic E-state index is 11.7. The molecule has 0 aromatic rings. The van der Waals surface area contributed by atoms with Gasteiger partial charge in [-0.05, 0) is 25.8 Å². The number of carbonyl (C=O) groups is 2. The van der Waals surface area contributed by atoms with E-state index in [0.717, 1.165) is 12.8 Å². The predicted molar refractivity (Wildman–Crippen MR) is 69.0 cm³/mol. The van der Waals surface area contributed by atoms with Crippen LogP contribution in [0.5, 0.6) is 0 Å². The van der Waals surface area contributed by atoms with E-state index >= 15 is 0 Å². The van der Waals surface area contributed by atoms with Crippen LogP contribution in [0.25, 0.3) is 0 Å². The van der Waals surface area contributed by atoms with Crippen LogP contribution in [0.4, 0.5) is 0 Å². The predicted octanol–water partition coefficient (Wildman–Crippen LogP) is -1.37. The summed E-state index contributed by atoms with van der Waals surface area (Å²) in [6.45, 7) is 0.617. The summed E-state index contributed by atoms with van der Waals surface area (Å²) in [4.78, 5) is 23.2. The minimum absolute atomic E-state index is 0.255. The maximum Gasteiger partial charge on any atom is 0.244 e. The number of nitrogens with two attached hydrogens (primary N) is 2. The molecule has 0 bridgehead atoms. The van der Waals surface area contributed by atoms with E-state index in [1.807, 2.05) is 0 Å². The van der Waals surface area contributed by atoms with Crippen molar-refractivity contribution in [2.24, 2.45) is 11.5 Å². The van der Waals surface area contributed by atoms with Gasteiger partial charge in [0.15, 0.2) is 5.78 Å². The van der Waals surface area contributed by atoms with Crippen LogP contribution in [0, 0.1) is 0 Å².